The van der Waals surface area contributed by atoms with Crippen molar-refractivity contribution >= 4 is 8.32 Å². The fourth-order valence-electron chi connectivity index (χ4n) is 4.65. The normalized spacial score (nSPS) is 22.0. The molecule has 1 saturated carbocycles. The first-order valence-corrected chi connectivity index (χ1v) is 14.8. The molecular weight excluding hydrogens is 396 g/mol. The minimum Gasteiger partial charge on any atom is -0.415 e. The SMILES string of the molecule is CC(C)(C)[Si](C)(C)OCC1CN(Cc2ccccc2)CC2(CC2)N1Cc1ccccc1. The van der Waals surface area contributed by atoms with Gasteiger partial charge in [0.1, 0.15) is 0 Å². The molecule has 3 nitrogen and oxygen atoms in total. The van der Waals surface area contributed by atoms with E-state index in [1.54, 1.807) is 0 Å². The smallest absolute Gasteiger partial charge is 0.192 e. The van der Waals surface area contributed by atoms with Gasteiger partial charge in [-0.05, 0) is 42.1 Å². The summed E-state index contributed by atoms with van der Waals surface area (Å²) >= 11 is 0. The van der Waals surface area contributed by atoms with Crippen molar-refractivity contribution < 1.29 is 4.43 Å². The van der Waals surface area contributed by atoms with Crippen molar-refractivity contribution in [2.24, 2.45) is 0 Å². The van der Waals surface area contributed by atoms with Gasteiger partial charge in [-0.3, -0.25) is 9.80 Å². The van der Waals surface area contributed by atoms with Gasteiger partial charge >= 0.3 is 0 Å². The van der Waals surface area contributed by atoms with E-state index in [1.807, 2.05) is 0 Å². The van der Waals surface area contributed by atoms with Gasteiger partial charge in [0, 0.05) is 37.8 Å². The molecule has 1 saturated heterocycles. The Bertz CT molecular complexity index is 843. The third-order valence-corrected chi connectivity index (χ3v) is 12.3. The molecule has 1 heterocycles. The Kier molecular flexibility index (Phi) is 6.46. The van der Waals surface area contributed by atoms with Crippen molar-refractivity contribution in [2.45, 2.75) is 76.4 Å². The van der Waals surface area contributed by atoms with E-state index in [0.29, 0.717) is 11.6 Å². The van der Waals surface area contributed by atoms with Crippen molar-refractivity contribution in [3.63, 3.8) is 0 Å². The summed E-state index contributed by atoms with van der Waals surface area (Å²) in [6.45, 7) is 16.9. The van der Waals surface area contributed by atoms with Crippen LogP contribution < -0.4 is 0 Å². The summed E-state index contributed by atoms with van der Waals surface area (Å²) < 4.78 is 6.79. The molecule has 2 aliphatic rings. The Labute approximate surface area is 190 Å². The van der Waals surface area contributed by atoms with Crippen LogP contribution in [0.2, 0.25) is 18.1 Å². The summed E-state index contributed by atoms with van der Waals surface area (Å²) in [4.78, 5) is 5.49. The Morgan fingerprint density at radius 1 is 0.903 bits per heavy atom. The summed E-state index contributed by atoms with van der Waals surface area (Å²) in [5, 5.41) is 0.243. The third-order valence-electron chi connectivity index (χ3n) is 7.75. The lowest BCUT2D eigenvalue weighted by Crippen LogP contribution is -2.61. The van der Waals surface area contributed by atoms with Crippen LogP contribution in [0.3, 0.4) is 0 Å². The Morgan fingerprint density at radius 3 is 1.97 bits per heavy atom. The molecule has 1 aliphatic heterocycles. The van der Waals surface area contributed by atoms with Gasteiger partial charge in [-0.1, -0.05) is 81.4 Å². The van der Waals surface area contributed by atoms with Gasteiger partial charge in [-0.25, -0.2) is 0 Å². The molecular formula is C27H40N2OSi. The van der Waals surface area contributed by atoms with Gasteiger partial charge in [0.15, 0.2) is 8.32 Å². The average molecular weight is 437 g/mol. The maximum atomic E-state index is 6.79. The van der Waals surface area contributed by atoms with Crippen LogP contribution in [0.1, 0.15) is 44.7 Å². The van der Waals surface area contributed by atoms with Crippen LogP contribution in [0.5, 0.6) is 0 Å². The van der Waals surface area contributed by atoms with E-state index in [1.165, 1.54) is 30.5 Å². The molecule has 4 heteroatoms. The third kappa shape index (κ3) is 5.31. The zero-order valence-electron chi connectivity index (χ0n) is 20.1. The largest absolute Gasteiger partial charge is 0.415 e. The maximum Gasteiger partial charge on any atom is 0.192 e. The van der Waals surface area contributed by atoms with Crippen LogP contribution in [0.4, 0.5) is 0 Å². The van der Waals surface area contributed by atoms with Crippen molar-refractivity contribution in [1.29, 1.82) is 0 Å². The van der Waals surface area contributed by atoms with E-state index in [-0.39, 0.29) is 5.04 Å². The molecule has 0 amide bonds. The highest BCUT2D eigenvalue weighted by Crippen LogP contribution is 2.47. The van der Waals surface area contributed by atoms with Crippen molar-refractivity contribution in [3.05, 3.63) is 71.8 Å². The highest BCUT2D eigenvalue weighted by molar-refractivity contribution is 6.74. The minimum absolute atomic E-state index is 0.243. The molecule has 31 heavy (non-hydrogen) atoms. The maximum absolute atomic E-state index is 6.79. The van der Waals surface area contributed by atoms with Gasteiger partial charge in [-0.15, -0.1) is 0 Å². The van der Waals surface area contributed by atoms with Gasteiger partial charge in [-0.2, -0.15) is 0 Å². The molecule has 0 radical (unpaired) electrons. The average Bonchev–Trinajstić information content (AvgIpc) is 3.49. The molecule has 0 aromatic heterocycles. The van der Waals surface area contributed by atoms with E-state index < -0.39 is 8.32 Å². The number of hydrogen-bond donors (Lipinski definition) is 0. The first-order chi connectivity index (χ1) is 14.7. The molecule has 1 unspecified atom stereocenters. The predicted octanol–water partition coefficient (Wildman–Crippen LogP) is 5.93. The van der Waals surface area contributed by atoms with Crippen LogP contribution in [0, 0.1) is 0 Å². The summed E-state index contributed by atoms with van der Waals surface area (Å²) in [7, 11) is -1.78. The van der Waals surface area contributed by atoms with Crippen LogP contribution in [0.15, 0.2) is 60.7 Å². The molecule has 168 valence electrons. The van der Waals surface area contributed by atoms with E-state index in [4.69, 9.17) is 4.43 Å². The lowest BCUT2D eigenvalue weighted by atomic mass is 10.0. The second-order valence-electron chi connectivity index (χ2n) is 11.2. The zero-order valence-corrected chi connectivity index (χ0v) is 21.1. The first-order valence-electron chi connectivity index (χ1n) is 11.9. The van der Waals surface area contributed by atoms with Crippen molar-refractivity contribution in [3.8, 4) is 0 Å². The zero-order chi connectivity index (χ0) is 22.1. The molecule has 1 spiro atoms. The fraction of sp³-hybridized carbons (Fsp3) is 0.556. The van der Waals surface area contributed by atoms with Crippen LogP contribution in [-0.2, 0) is 17.5 Å². The molecule has 1 aliphatic carbocycles. The number of nitrogens with zero attached hydrogens (tertiary/aromatic N) is 2. The molecule has 0 N–H and O–H groups in total. The molecule has 4 rings (SSSR count). The summed E-state index contributed by atoms with van der Waals surface area (Å²) in [6, 6.07) is 22.4. The molecule has 2 aromatic carbocycles. The summed E-state index contributed by atoms with van der Waals surface area (Å²) in [6.07, 6.45) is 2.61. The van der Waals surface area contributed by atoms with Gasteiger partial charge < -0.3 is 4.43 Å². The molecule has 2 aromatic rings. The first kappa shape index (κ1) is 22.7. The molecule has 2 fully saturated rings. The molecule has 0 bridgehead atoms. The van der Waals surface area contributed by atoms with Crippen molar-refractivity contribution in [2.75, 3.05) is 19.7 Å². The second-order valence-corrected chi connectivity index (χ2v) is 16.0. The standard InChI is InChI=1S/C27H40N2OSi/c1-26(2,3)31(4,5)30-21-25-20-28(18-23-12-8-6-9-13-23)22-27(16-17-27)29(25)19-24-14-10-7-11-15-24/h6-15,25H,16-22H2,1-5H3. The molecule has 1 atom stereocenters. The van der Waals surface area contributed by atoms with Crippen LogP contribution in [0.25, 0.3) is 0 Å². The van der Waals surface area contributed by atoms with E-state index >= 15 is 0 Å². The van der Waals surface area contributed by atoms with E-state index in [9.17, 15) is 0 Å². The summed E-state index contributed by atoms with van der Waals surface area (Å²) in [5.41, 5.74) is 3.16. The van der Waals surface area contributed by atoms with Crippen LogP contribution in [-0.4, -0.2) is 49.4 Å². The van der Waals surface area contributed by atoms with Gasteiger partial charge in [0.2, 0.25) is 0 Å². The Balaban J connectivity index is 1.54. The monoisotopic (exact) mass is 436 g/mol. The van der Waals surface area contributed by atoms with E-state index in [0.717, 1.165) is 26.2 Å². The van der Waals surface area contributed by atoms with Crippen LogP contribution >= 0.6 is 0 Å². The predicted molar refractivity (Wildman–Crippen MR) is 133 cm³/mol. The highest BCUT2D eigenvalue weighted by Gasteiger charge is 2.54. The lowest BCUT2D eigenvalue weighted by Gasteiger charge is -2.49. The second kappa shape index (κ2) is 8.82. The number of piperazine rings is 1. The number of rotatable bonds is 7. The Hall–Kier alpha value is -1.46. The fourth-order valence-corrected chi connectivity index (χ4v) is 5.69. The highest BCUT2D eigenvalue weighted by atomic mass is 28.4. The topological polar surface area (TPSA) is 15.7 Å². The lowest BCUT2D eigenvalue weighted by molar-refractivity contribution is -0.0210. The quantitative estimate of drug-likeness (QED) is 0.501. The summed E-state index contributed by atoms with van der Waals surface area (Å²) in [5.74, 6) is 0. The van der Waals surface area contributed by atoms with Gasteiger partial charge in [0.25, 0.3) is 0 Å². The van der Waals surface area contributed by atoms with E-state index in [2.05, 4.69) is 104 Å². The Morgan fingerprint density at radius 2 is 1.45 bits per heavy atom. The number of hydrogen-bond acceptors (Lipinski definition) is 3. The van der Waals surface area contributed by atoms with Crippen molar-refractivity contribution in [1.82, 2.24) is 9.80 Å². The minimum atomic E-state index is -1.78. The number of benzene rings is 2. The van der Waals surface area contributed by atoms with Gasteiger partial charge in [0.05, 0.1) is 6.61 Å².